The molecule has 1 unspecified atom stereocenters. The van der Waals surface area contributed by atoms with E-state index in [-0.39, 0.29) is 12.0 Å². The van der Waals surface area contributed by atoms with E-state index in [4.69, 9.17) is 0 Å². The monoisotopic (exact) mass is 423 g/mol. The predicted octanol–water partition coefficient (Wildman–Crippen LogP) is 4.90. The fourth-order valence-corrected chi connectivity index (χ4v) is 2.50. The number of halogens is 5. The molecule has 1 aromatic carbocycles. The standard InChI is InChI=1S/C14H10Br2F3NO/c15-8-2-4-11(12(5-8)14(17,18)19)13(21)6-10-3-1-9(16)7-20-10/h1-5,7,13,21H,6H2. The van der Waals surface area contributed by atoms with Crippen LogP contribution < -0.4 is 0 Å². The molecule has 0 aliphatic heterocycles. The molecule has 0 saturated heterocycles. The lowest BCUT2D eigenvalue weighted by atomic mass is 9.98. The second kappa shape index (κ2) is 6.46. The second-order valence-electron chi connectivity index (χ2n) is 4.42. The Morgan fingerprint density at radius 2 is 1.76 bits per heavy atom. The largest absolute Gasteiger partial charge is 0.416 e. The molecule has 112 valence electrons. The SMILES string of the molecule is OC(Cc1ccc(Br)cn1)c1ccc(Br)cc1C(F)(F)F. The summed E-state index contributed by atoms with van der Waals surface area (Å²) in [5.74, 6) is 0. The third kappa shape index (κ3) is 4.28. The first kappa shape index (κ1) is 16.5. The van der Waals surface area contributed by atoms with Crippen LogP contribution >= 0.6 is 31.9 Å². The summed E-state index contributed by atoms with van der Waals surface area (Å²) in [6.07, 6.45) is -4.25. The number of hydrogen-bond donors (Lipinski definition) is 1. The van der Waals surface area contributed by atoms with Gasteiger partial charge in [0.25, 0.3) is 0 Å². The summed E-state index contributed by atoms with van der Waals surface area (Å²) in [7, 11) is 0. The maximum absolute atomic E-state index is 13.0. The van der Waals surface area contributed by atoms with Crippen LogP contribution in [0.25, 0.3) is 0 Å². The number of alkyl halides is 3. The van der Waals surface area contributed by atoms with E-state index in [1.54, 1.807) is 12.1 Å². The van der Waals surface area contributed by atoms with Crippen molar-refractivity contribution in [1.82, 2.24) is 4.98 Å². The van der Waals surface area contributed by atoms with Gasteiger partial charge in [0.15, 0.2) is 0 Å². The maximum atomic E-state index is 13.0. The number of pyridine rings is 1. The summed E-state index contributed by atoms with van der Waals surface area (Å²) in [4.78, 5) is 4.06. The molecule has 21 heavy (non-hydrogen) atoms. The van der Waals surface area contributed by atoms with Gasteiger partial charge in [-0.05, 0) is 45.8 Å². The predicted molar refractivity (Wildman–Crippen MR) is 79.7 cm³/mol. The molecule has 0 spiro atoms. The second-order valence-corrected chi connectivity index (χ2v) is 6.25. The van der Waals surface area contributed by atoms with Gasteiger partial charge in [-0.25, -0.2) is 0 Å². The van der Waals surface area contributed by atoms with Crippen LogP contribution in [-0.2, 0) is 12.6 Å². The highest BCUT2D eigenvalue weighted by molar-refractivity contribution is 9.10. The molecule has 2 rings (SSSR count). The van der Waals surface area contributed by atoms with Gasteiger partial charge in [-0.3, -0.25) is 4.98 Å². The van der Waals surface area contributed by atoms with E-state index in [1.807, 2.05) is 0 Å². The molecule has 7 heteroatoms. The van der Waals surface area contributed by atoms with E-state index in [9.17, 15) is 18.3 Å². The average Bonchev–Trinajstić information content (AvgIpc) is 2.40. The molecule has 0 aliphatic rings. The smallest absolute Gasteiger partial charge is 0.388 e. The van der Waals surface area contributed by atoms with E-state index in [0.717, 1.165) is 10.5 Å². The van der Waals surface area contributed by atoms with E-state index < -0.39 is 17.8 Å². The molecule has 0 aliphatic carbocycles. The average molecular weight is 425 g/mol. The van der Waals surface area contributed by atoms with Crippen LogP contribution in [0.1, 0.15) is 22.9 Å². The van der Waals surface area contributed by atoms with Crippen LogP contribution in [0.5, 0.6) is 0 Å². The Morgan fingerprint density at radius 3 is 2.33 bits per heavy atom. The number of aliphatic hydroxyl groups excluding tert-OH is 1. The van der Waals surface area contributed by atoms with Crippen molar-refractivity contribution in [1.29, 1.82) is 0 Å². The Labute approximate surface area is 136 Å². The first-order valence-electron chi connectivity index (χ1n) is 5.92. The van der Waals surface area contributed by atoms with Crippen molar-refractivity contribution in [2.24, 2.45) is 0 Å². The normalized spacial score (nSPS) is 13.2. The van der Waals surface area contributed by atoms with E-state index >= 15 is 0 Å². The molecule has 0 amide bonds. The Kier molecular flexibility index (Phi) is 5.06. The minimum atomic E-state index is -4.52. The van der Waals surface area contributed by atoms with Gasteiger partial charge in [-0.15, -0.1) is 0 Å². The van der Waals surface area contributed by atoms with E-state index in [2.05, 4.69) is 36.8 Å². The van der Waals surface area contributed by atoms with Crippen LogP contribution in [0.2, 0.25) is 0 Å². The van der Waals surface area contributed by atoms with Gasteiger partial charge in [0, 0.05) is 27.3 Å². The van der Waals surface area contributed by atoms with Crippen molar-refractivity contribution in [3.8, 4) is 0 Å². The fraction of sp³-hybridized carbons (Fsp3) is 0.214. The molecule has 1 heterocycles. The number of benzene rings is 1. The molecule has 0 fully saturated rings. The molecule has 0 radical (unpaired) electrons. The zero-order chi connectivity index (χ0) is 15.6. The third-order valence-electron chi connectivity index (χ3n) is 2.87. The van der Waals surface area contributed by atoms with Gasteiger partial charge in [0.05, 0.1) is 11.7 Å². The molecule has 1 aromatic heterocycles. The van der Waals surface area contributed by atoms with Crippen LogP contribution in [0, 0.1) is 0 Å². The Bertz CT molecular complexity index is 629. The Balaban J connectivity index is 2.30. The Morgan fingerprint density at radius 1 is 1.10 bits per heavy atom. The van der Waals surface area contributed by atoms with Gasteiger partial charge in [-0.2, -0.15) is 13.2 Å². The van der Waals surface area contributed by atoms with Crippen molar-refractivity contribution in [3.05, 3.63) is 62.3 Å². The van der Waals surface area contributed by atoms with Crippen molar-refractivity contribution in [2.75, 3.05) is 0 Å². The van der Waals surface area contributed by atoms with Crippen molar-refractivity contribution < 1.29 is 18.3 Å². The summed E-state index contributed by atoms with van der Waals surface area (Å²) in [5.41, 5.74) is -0.487. The highest BCUT2D eigenvalue weighted by Crippen LogP contribution is 2.37. The molecule has 0 saturated carbocycles. The topological polar surface area (TPSA) is 33.1 Å². The van der Waals surface area contributed by atoms with Crippen molar-refractivity contribution in [2.45, 2.75) is 18.7 Å². The highest BCUT2D eigenvalue weighted by Gasteiger charge is 2.35. The van der Waals surface area contributed by atoms with Crippen molar-refractivity contribution in [3.63, 3.8) is 0 Å². The van der Waals surface area contributed by atoms with Crippen LogP contribution in [0.4, 0.5) is 13.2 Å². The molecule has 1 N–H and O–H groups in total. The van der Waals surface area contributed by atoms with Crippen molar-refractivity contribution >= 4 is 31.9 Å². The summed E-state index contributed by atoms with van der Waals surface area (Å²) in [6.45, 7) is 0. The lowest BCUT2D eigenvalue weighted by molar-refractivity contribution is -0.139. The number of aliphatic hydroxyl groups is 1. The zero-order valence-corrected chi connectivity index (χ0v) is 13.7. The van der Waals surface area contributed by atoms with Gasteiger partial charge < -0.3 is 5.11 Å². The van der Waals surface area contributed by atoms with Gasteiger partial charge in [-0.1, -0.05) is 22.0 Å². The van der Waals surface area contributed by atoms with E-state index in [1.165, 1.54) is 18.3 Å². The maximum Gasteiger partial charge on any atom is 0.416 e. The number of aromatic nitrogens is 1. The lowest BCUT2D eigenvalue weighted by Crippen LogP contribution is -2.13. The third-order valence-corrected chi connectivity index (χ3v) is 3.83. The highest BCUT2D eigenvalue weighted by atomic mass is 79.9. The molecule has 2 nitrogen and oxygen atoms in total. The number of hydrogen-bond acceptors (Lipinski definition) is 2. The zero-order valence-electron chi connectivity index (χ0n) is 10.5. The molecule has 0 bridgehead atoms. The van der Waals surface area contributed by atoms with Crippen LogP contribution in [-0.4, -0.2) is 10.1 Å². The summed E-state index contributed by atoms with van der Waals surface area (Å²) < 4.78 is 40.2. The lowest BCUT2D eigenvalue weighted by Gasteiger charge is -2.17. The van der Waals surface area contributed by atoms with Crippen LogP contribution in [0.15, 0.2) is 45.5 Å². The summed E-state index contributed by atoms with van der Waals surface area (Å²) in [6, 6.07) is 7.09. The van der Waals surface area contributed by atoms with E-state index in [0.29, 0.717) is 10.2 Å². The summed E-state index contributed by atoms with van der Waals surface area (Å²) >= 11 is 6.24. The quantitative estimate of drug-likeness (QED) is 0.759. The summed E-state index contributed by atoms with van der Waals surface area (Å²) in [5, 5.41) is 10.1. The van der Waals surface area contributed by atoms with Gasteiger partial charge in [0.1, 0.15) is 0 Å². The van der Waals surface area contributed by atoms with Gasteiger partial charge >= 0.3 is 6.18 Å². The Hall–Kier alpha value is -0.920. The first-order valence-corrected chi connectivity index (χ1v) is 7.51. The van der Waals surface area contributed by atoms with Crippen LogP contribution in [0.3, 0.4) is 0 Å². The molecule has 2 aromatic rings. The number of rotatable bonds is 3. The first-order chi connectivity index (χ1) is 9.77. The fourth-order valence-electron chi connectivity index (χ4n) is 1.90. The molecular weight excluding hydrogens is 415 g/mol. The minimum absolute atomic E-state index is 0.0119. The minimum Gasteiger partial charge on any atom is -0.388 e. The van der Waals surface area contributed by atoms with Gasteiger partial charge in [0.2, 0.25) is 0 Å². The number of nitrogens with zero attached hydrogens (tertiary/aromatic N) is 1. The molecule has 1 atom stereocenters. The molecular formula is C14H10Br2F3NO.